The Morgan fingerprint density at radius 1 is 1.15 bits per heavy atom. The summed E-state index contributed by atoms with van der Waals surface area (Å²) in [5.74, 6) is -0.546. The molecular weight excluding hydrogens is 382 g/mol. The number of rotatable bonds is 5. The van der Waals surface area contributed by atoms with Crippen molar-refractivity contribution >= 4 is 33.3 Å². The first kappa shape index (κ1) is 18.3. The van der Waals surface area contributed by atoms with Gasteiger partial charge >= 0.3 is 5.97 Å². The predicted molar refractivity (Wildman–Crippen MR) is 95.8 cm³/mol. The summed E-state index contributed by atoms with van der Waals surface area (Å²) in [5.41, 5.74) is 0.917. The number of hydrogen-bond acceptors (Lipinski definition) is 5. The van der Waals surface area contributed by atoms with Crippen molar-refractivity contribution in [1.29, 1.82) is 0 Å². The number of carbonyl (C=O) groups is 1. The molecule has 7 nitrogen and oxygen atoms in total. The van der Waals surface area contributed by atoms with E-state index in [0.29, 0.717) is 29.7 Å². The number of aliphatic carboxylic acids is 1. The summed E-state index contributed by atoms with van der Waals surface area (Å²) in [7, 11) is -4.15. The highest BCUT2D eigenvalue weighted by Gasteiger charge is 2.29. The summed E-state index contributed by atoms with van der Waals surface area (Å²) >= 11 is 6.08. The van der Waals surface area contributed by atoms with Gasteiger partial charge in [0, 0.05) is 11.1 Å². The molecule has 0 amide bonds. The van der Waals surface area contributed by atoms with E-state index in [4.69, 9.17) is 21.1 Å². The topological polar surface area (TPSA) is 93.1 Å². The lowest BCUT2D eigenvalue weighted by atomic mass is 10.2. The van der Waals surface area contributed by atoms with Crippen LogP contribution in [0.25, 0.3) is 0 Å². The molecule has 0 aromatic heterocycles. The predicted octanol–water partition coefficient (Wildman–Crippen LogP) is 2.70. The number of anilines is 1. The van der Waals surface area contributed by atoms with Crippen molar-refractivity contribution < 1.29 is 27.8 Å². The van der Waals surface area contributed by atoms with E-state index < -0.39 is 22.5 Å². The van der Waals surface area contributed by atoms with Crippen molar-refractivity contribution in [1.82, 2.24) is 0 Å². The molecule has 1 aliphatic rings. The van der Waals surface area contributed by atoms with E-state index in [0.717, 1.165) is 9.87 Å². The summed E-state index contributed by atoms with van der Waals surface area (Å²) in [6.45, 7) is 1.72. The summed E-state index contributed by atoms with van der Waals surface area (Å²) < 4.78 is 37.7. The maximum absolute atomic E-state index is 13.1. The Labute approximate surface area is 155 Å². The van der Waals surface area contributed by atoms with E-state index in [-0.39, 0.29) is 10.6 Å². The number of halogens is 1. The highest BCUT2D eigenvalue weighted by atomic mass is 35.5. The second-order valence-corrected chi connectivity index (χ2v) is 7.91. The number of sulfonamides is 1. The molecule has 2 aromatic carbocycles. The SMILES string of the molecule is Cc1ccc(N(CC(=O)O)S(=O)(=O)c2ccc3c(c2)OCCO3)cc1Cl. The minimum Gasteiger partial charge on any atom is -0.486 e. The summed E-state index contributed by atoms with van der Waals surface area (Å²) in [6, 6.07) is 8.74. The highest BCUT2D eigenvalue weighted by molar-refractivity contribution is 7.92. The quantitative estimate of drug-likeness (QED) is 0.833. The lowest BCUT2D eigenvalue weighted by Crippen LogP contribution is -2.35. The molecular formula is C17H16ClNO6S. The third-order valence-electron chi connectivity index (χ3n) is 3.82. The zero-order valence-corrected chi connectivity index (χ0v) is 15.4. The van der Waals surface area contributed by atoms with Gasteiger partial charge in [-0.3, -0.25) is 9.10 Å². The molecule has 2 aromatic rings. The molecule has 0 radical (unpaired) electrons. The second-order valence-electron chi connectivity index (χ2n) is 5.64. The van der Waals surface area contributed by atoms with Crippen LogP contribution in [0.4, 0.5) is 5.69 Å². The van der Waals surface area contributed by atoms with Crippen molar-refractivity contribution in [3.63, 3.8) is 0 Å². The van der Waals surface area contributed by atoms with Gasteiger partial charge in [-0.05, 0) is 36.8 Å². The Kier molecular flexibility index (Phi) is 4.97. The van der Waals surface area contributed by atoms with Crippen LogP contribution in [0.3, 0.4) is 0 Å². The van der Waals surface area contributed by atoms with Gasteiger partial charge in [-0.15, -0.1) is 0 Å². The van der Waals surface area contributed by atoms with Crippen molar-refractivity contribution in [2.24, 2.45) is 0 Å². The second kappa shape index (κ2) is 7.05. The Morgan fingerprint density at radius 3 is 2.50 bits per heavy atom. The summed E-state index contributed by atoms with van der Waals surface area (Å²) in [6.07, 6.45) is 0. The molecule has 0 spiro atoms. The monoisotopic (exact) mass is 397 g/mol. The van der Waals surface area contributed by atoms with Crippen LogP contribution >= 0.6 is 11.6 Å². The number of nitrogens with zero attached hydrogens (tertiary/aromatic N) is 1. The van der Waals surface area contributed by atoms with Crippen LogP contribution in [0.1, 0.15) is 5.56 Å². The number of carboxylic acids is 1. The third-order valence-corrected chi connectivity index (χ3v) is 6.00. The van der Waals surface area contributed by atoms with Crippen LogP contribution in [0.15, 0.2) is 41.3 Å². The van der Waals surface area contributed by atoms with Crippen molar-refractivity contribution in [3.8, 4) is 11.5 Å². The van der Waals surface area contributed by atoms with Gasteiger partial charge < -0.3 is 14.6 Å². The zero-order chi connectivity index (χ0) is 18.9. The first-order chi connectivity index (χ1) is 12.3. The van der Waals surface area contributed by atoms with E-state index in [1.165, 1.54) is 30.3 Å². The average molecular weight is 398 g/mol. The van der Waals surface area contributed by atoms with E-state index >= 15 is 0 Å². The molecule has 1 aliphatic heterocycles. The molecule has 0 unspecified atom stereocenters. The standard InChI is InChI=1S/C17H16ClNO6S/c1-11-2-3-12(8-14(11)18)19(10-17(20)21)26(22,23)13-4-5-15-16(9-13)25-7-6-24-15/h2-5,8-9H,6-7,10H2,1H3,(H,20,21). The number of aryl methyl sites for hydroxylation is 1. The normalized spacial score (nSPS) is 13.3. The molecule has 9 heteroatoms. The summed E-state index contributed by atoms with van der Waals surface area (Å²) in [5, 5.41) is 9.53. The number of fused-ring (bicyclic) bond motifs is 1. The van der Waals surface area contributed by atoms with Gasteiger partial charge in [0.1, 0.15) is 19.8 Å². The van der Waals surface area contributed by atoms with Gasteiger partial charge in [-0.2, -0.15) is 0 Å². The van der Waals surface area contributed by atoms with Gasteiger partial charge in [0.15, 0.2) is 11.5 Å². The van der Waals surface area contributed by atoms with Crippen molar-refractivity contribution in [3.05, 3.63) is 47.0 Å². The molecule has 0 saturated carbocycles. The van der Waals surface area contributed by atoms with Crippen LogP contribution in [0.5, 0.6) is 11.5 Å². The fourth-order valence-electron chi connectivity index (χ4n) is 2.49. The molecule has 0 atom stereocenters. The number of carboxylic acid groups (broad SMARTS) is 1. The van der Waals surface area contributed by atoms with E-state index in [1.54, 1.807) is 13.0 Å². The van der Waals surface area contributed by atoms with Gasteiger partial charge in [0.05, 0.1) is 10.6 Å². The van der Waals surface area contributed by atoms with Crippen LogP contribution in [0.2, 0.25) is 5.02 Å². The molecule has 0 fully saturated rings. The van der Waals surface area contributed by atoms with E-state index in [9.17, 15) is 18.3 Å². The van der Waals surface area contributed by atoms with Gasteiger partial charge in [0.25, 0.3) is 10.0 Å². The van der Waals surface area contributed by atoms with Crippen LogP contribution in [0, 0.1) is 6.92 Å². The molecule has 0 saturated heterocycles. The fourth-order valence-corrected chi connectivity index (χ4v) is 4.08. The Bertz CT molecular complexity index is 960. The minimum absolute atomic E-state index is 0.0975. The molecule has 26 heavy (non-hydrogen) atoms. The number of benzene rings is 2. The lowest BCUT2D eigenvalue weighted by Gasteiger charge is -2.24. The lowest BCUT2D eigenvalue weighted by molar-refractivity contribution is -0.135. The Morgan fingerprint density at radius 2 is 1.85 bits per heavy atom. The van der Waals surface area contributed by atoms with Crippen molar-refractivity contribution in [2.75, 3.05) is 24.1 Å². The zero-order valence-electron chi connectivity index (χ0n) is 13.8. The first-order valence-electron chi connectivity index (χ1n) is 7.69. The van der Waals surface area contributed by atoms with Gasteiger partial charge in [0.2, 0.25) is 0 Å². The minimum atomic E-state index is -4.15. The van der Waals surface area contributed by atoms with Crippen LogP contribution in [-0.2, 0) is 14.8 Å². The Balaban J connectivity index is 2.07. The maximum atomic E-state index is 13.1. The van der Waals surface area contributed by atoms with E-state index in [1.807, 2.05) is 0 Å². The largest absolute Gasteiger partial charge is 0.486 e. The fraction of sp³-hybridized carbons (Fsp3) is 0.235. The van der Waals surface area contributed by atoms with Gasteiger partial charge in [-0.1, -0.05) is 17.7 Å². The molecule has 3 rings (SSSR count). The third kappa shape index (κ3) is 3.56. The summed E-state index contributed by atoms with van der Waals surface area (Å²) in [4.78, 5) is 11.2. The number of hydrogen-bond donors (Lipinski definition) is 1. The molecule has 138 valence electrons. The molecule has 0 bridgehead atoms. The van der Waals surface area contributed by atoms with Crippen LogP contribution in [-0.4, -0.2) is 39.3 Å². The highest BCUT2D eigenvalue weighted by Crippen LogP contribution is 2.34. The molecule has 0 aliphatic carbocycles. The number of ether oxygens (including phenoxy) is 2. The molecule has 1 heterocycles. The Hall–Kier alpha value is -2.45. The van der Waals surface area contributed by atoms with Gasteiger partial charge in [-0.25, -0.2) is 8.42 Å². The first-order valence-corrected chi connectivity index (χ1v) is 9.51. The maximum Gasteiger partial charge on any atom is 0.324 e. The van der Waals surface area contributed by atoms with E-state index in [2.05, 4.69) is 0 Å². The molecule has 1 N–H and O–H groups in total. The average Bonchev–Trinajstić information content (AvgIpc) is 2.61. The smallest absolute Gasteiger partial charge is 0.324 e. The van der Waals surface area contributed by atoms with Crippen LogP contribution < -0.4 is 13.8 Å². The van der Waals surface area contributed by atoms with Crippen molar-refractivity contribution in [2.45, 2.75) is 11.8 Å².